The molecule has 1 aromatic heterocycles. The van der Waals surface area contributed by atoms with Crippen LogP contribution in [-0.2, 0) is 4.79 Å². The summed E-state index contributed by atoms with van der Waals surface area (Å²) in [5.41, 5.74) is 4.09. The minimum Gasteiger partial charge on any atom is -0.316 e. The van der Waals surface area contributed by atoms with E-state index in [4.69, 9.17) is 34.8 Å². The summed E-state index contributed by atoms with van der Waals surface area (Å²) >= 11 is 18.3. The number of aromatic nitrogens is 1. The van der Waals surface area contributed by atoms with Gasteiger partial charge in [-0.2, -0.15) is 0 Å². The third kappa shape index (κ3) is 4.64. The van der Waals surface area contributed by atoms with Crippen molar-refractivity contribution in [3.05, 3.63) is 111 Å². The topological polar surface area (TPSA) is 57.6 Å². The fourth-order valence-corrected chi connectivity index (χ4v) is 5.39. The molecule has 0 spiro atoms. The number of para-hydroxylation sites is 2. The average Bonchev–Trinajstić information content (AvgIpc) is 3.64. The SMILES string of the molecule is O=C(Nc1ccc(Cl)c(Cl)c1)N(CC(=O)N1c2ccccc2-n2cccc2C1c1ccc(Cl)cc1)C1CC1. The van der Waals surface area contributed by atoms with Crippen molar-refractivity contribution in [2.75, 3.05) is 16.8 Å². The number of amides is 3. The van der Waals surface area contributed by atoms with Gasteiger partial charge >= 0.3 is 6.03 Å². The third-order valence-corrected chi connectivity index (χ3v) is 7.89. The molecule has 38 heavy (non-hydrogen) atoms. The van der Waals surface area contributed by atoms with Gasteiger partial charge < -0.3 is 14.8 Å². The highest BCUT2D eigenvalue weighted by Gasteiger charge is 2.40. The van der Waals surface area contributed by atoms with Crippen molar-refractivity contribution in [1.29, 1.82) is 0 Å². The van der Waals surface area contributed by atoms with Gasteiger partial charge in [0.2, 0.25) is 5.91 Å². The number of carbonyl (C=O) groups is 2. The smallest absolute Gasteiger partial charge is 0.316 e. The van der Waals surface area contributed by atoms with Crippen LogP contribution in [0.4, 0.5) is 16.2 Å². The number of benzene rings is 3. The van der Waals surface area contributed by atoms with Gasteiger partial charge in [0.25, 0.3) is 0 Å². The molecule has 2 heterocycles. The van der Waals surface area contributed by atoms with Gasteiger partial charge in [-0.05, 0) is 73.0 Å². The monoisotopic (exact) mass is 564 g/mol. The van der Waals surface area contributed by atoms with E-state index in [2.05, 4.69) is 9.88 Å². The second kappa shape index (κ2) is 10.0. The molecule has 0 saturated heterocycles. The lowest BCUT2D eigenvalue weighted by Crippen LogP contribution is -2.48. The van der Waals surface area contributed by atoms with E-state index in [9.17, 15) is 9.59 Å². The van der Waals surface area contributed by atoms with Crippen LogP contribution in [0.2, 0.25) is 15.1 Å². The highest BCUT2D eigenvalue weighted by molar-refractivity contribution is 6.42. The van der Waals surface area contributed by atoms with Gasteiger partial charge in [0.15, 0.2) is 0 Å². The molecule has 9 heteroatoms. The largest absolute Gasteiger partial charge is 0.322 e. The lowest BCUT2D eigenvalue weighted by Gasteiger charge is -2.39. The minimum absolute atomic E-state index is 0.000371. The van der Waals surface area contributed by atoms with E-state index in [-0.39, 0.29) is 30.6 Å². The van der Waals surface area contributed by atoms with E-state index >= 15 is 0 Å². The number of rotatable bonds is 5. The van der Waals surface area contributed by atoms with Crippen LogP contribution in [0.3, 0.4) is 0 Å². The molecule has 1 fully saturated rings. The molecule has 0 radical (unpaired) electrons. The predicted octanol–water partition coefficient (Wildman–Crippen LogP) is 7.57. The van der Waals surface area contributed by atoms with Crippen molar-refractivity contribution in [3.8, 4) is 5.69 Å². The van der Waals surface area contributed by atoms with Crippen molar-refractivity contribution in [3.63, 3.8) is 0 Å². The van der Waals surface area contributed by atoms with E-state index in [0.717, 1.165) is 35.5 Å². The number of anilines is 2. The van der Waals surface area contributed by atoms with Crippen LogP contribution in [-0.4, -0.2) is 34.0 Å². The summed E-state index contributed by atoms with van der Waals surface area (Å²) in [4.78, 5) is 30.9. The average molecular weight is 566 g/mol. The zero-order valence-electron chi connectivity index (χ0n) is 20.2. The molecule has 3 amide bonds. The van der Waals surface area contributed by atoms with Crippen molar-refractivity contribution in [1.82, 2.24) is 9.47 Å². The van der Waals surface area contributed by atoms with Crippen LogP contribution in [0.5, 0.6) is 0 Å². The molecule has 4 aromatic rings. The Morgan fingerprint density at radius 2 is 1.61 bits per heavy atom. The Morgan fingerprint density at radius 1 is 0.868 bits per heavy atom. The molecule has 1 aliphatic carbocycles. The zero-order valence-corrected chi connectivity index (χ0v) is 22.4. The number of carbonyl (C=O) groups excluding carboxylic acids is 2. The van der Waals surface area contributed by atoms with Crippen molar-refractivity contribution >= 4 is 58.1 Å². The fraction of sp³-hybridized carbons (Fsp3) is 0.172. The summed E-state index contributed by atoms with van der Waals surface area (Å²) in [7, 11) is 0. The van der Waals surface area contributed by atoms with Gasteiger partial charge in [0.05, 0.1) is 27.1 Å². The van der Waals surface area contributed by atoms with E-state index in [1.165, 1.54) is 0 Å². The van der Waals surface area contributed by atoms with E-state index in [1.807, 2.05) is 66.9 Å². The maximum absolute atomic E-state index is 14.2. The van der Waals surface area contributed by atoms with Crippen LogP contribution in [0.25, 0.3) is 5.69 Å². The Morgan fingerprint density at radius 3 is 2.32 bits per heavy atom. The van der Waals surface area contributed by atoms with Crippen molar-refractivity contribution in [2.45, 2.75) is 24.9 Å². The highest BCUT2D eigenvalue weighted by Crippen LogP contribution is 2.43. The maximum atomic E-state index is 14.2. The summed E-state index contributed by atoms with van der Waals surface area (Å²) in [6.07, 6.45) is 3.70. The zero-order chi connectivity index (χ0) is 26.4. The van der Waals surface area contributed by atoms with Gasteiger partial charge in [0.1, 0.15) is 12.6 Å². The first kappa shape index (κ1) is 24.9. The summed E-state index contributed by atoms with van der Waals surface area (Å²) in [5, 5.41) is 4.24. The number of urea groups is 1. The normalized spacial score (nSPS) is 16.0. The van der Waals surface area contributed by atoms with E-state index < -0.39 is 0 Å². The molecule has 1 aliphatic heterocycles. The first-order chi connectivity index (χ1) is 18.4. The molecular formula is C29H23Cl3N4O2. The van der Waals surface area contributed by atoms with Crippen LogP contribution >= 0.6 is 34.8 Å². The number of hydrogen-bond acceptors (Lipinski definition) is 2. The van der Waals surface area contributed by atoms with Gasteiger partial charge in [-0.15, -0.1) is 0 Å². The molecule has 1 N–H and O–H groups in total. The van der Waals surface area contributed by atoms with Crippen LogP contribution < -0.4 is 10.2 Å². The van der Waals surface area contributed by atoms with Crippen LogP contribution in [0.1, 0.15) is 30.1 Å². The molecule has 6 rings (SSSR count). The first-order valence-corrected chi connectivity index (χ1v) is 13.4. The van der Waals surface area contributed by atoms with Crippen LogP contribution in [0, 0.1) is 0 Å². The maximum Gasteiger partial charge on any atom is 0.322 e. The Bertz CT molecular complexity index is 1530. The Labute approximate surface area is 235 Å². The Kier molecular flexibility index (Phi) is 6.56. The third-order valence-electron chi connectivity index (χ3n) is 6.90. The Hall–Kier alpha value is -3.45. The fourth-order valence-electron chi connectivity index (χ4n) is 4.97. The molecule has 1 saturated carbocycles. The quantitative estimate of drug-likeness (QED) is 0.271. The second-order valence-corrected chi connectivity index (χ2v) is 10.7. The summed E-state index contributed by atoms with van der Waals surface area (Å²) < 4.78 is 2.11. The van der Waals surface area contributed by atoms with E-state index in [0.29, 0.717) is 20.8 Å². The number of nitrogens with zero attached hydrogens (tertiary/aromatic N) is 3. The first-order valence-electron chi connectivity index (χ1n) is 12.3. The molecular weight excluding hydrogens is 543 g/mol. The number of halogens is 3. The summed E-state index contributed by atoms with van der Waals surface area (Å²) in [5.74, 6) is -0.180. The van der Waals surface area contributed by atoms with Crippen molar-refractivity contribution < 1.29 is 9.59 Å². The molecule has 1 atom stereocenters. The van der Waals surface area contributed by atoms with Gasteiger partial charge in [-0.25, -0.2) is 4.79 Å². The van der Waals surface area contributed by atoms with Gasteiger partial charge in [-0.1, -0.05) is 59.1 Å². The number of nitrogens with one attached hydrogen (secondary N) is 1. The van der Waals surface area contributed by atoms with Gasteiger partial charge in [0, 0.05) is 22.9 Å². The van der Waals surface area contributed by atoms with Crippen molar-refractivity contribution in [2.24, 2.45) is 0 Å². The molecule has 0 bridgehead atoms. The minimum atomic E-state index is -0.385. The lowest BCUT2D eigenvalue weighted by atomic mass is 9.97. The molecule has 6 nitrogen and oxygen atoms in total. The summed E-state index contributed by atoms with van der Waals surface area (Å²) in [6, 6.07) is 23.5. The van der Waals surface area contributed by atoms with E-state index in [1.54, 1.807) is 28.0 Å². The van der Waals surface area contributed by atoms with Crippen LogP contribution in [0.15, 0.2) is 85.1 Å². The number of fused-ring (bicyclic) bond motifs is 3. The molecule has 192 valence electrons. The predicted molar refractivity (Wildman–Crippen MR) is 152 cm³/mol. The Balaban J connectivity index is 1.35. The lowest BCUT2D eigenvalue weighted by molar-refractivity contribution is -0.119. The second-order valence-electron chi connectivity index (χ2n) is 9.43. The van der Waals surface area contributed by atoms with Gasteiger partial charge in [-0.3, -0.25) is 9.69 Å². The standard InChI is InChI=1S/C29H23Cl3N4O2/c30-19-9-7-18(8-10-19)28-26-6-3-15-34(26)24-4-1-2-5-25(24)36(28)27(37)17-35(21-12-13-21)29(38)33-20-11-14-22(31)23(32)16-20/h1-11,14-16,21,28H,12-13,17H2,(H,33,38). The molecule has 3 aromatic carbocycles. The molecule has 1 unspecified atom stereocenters. The summed E-state index contributed by atoms with van der Waals surface area (Å²) in [6.45, 7) is -0.0725. The highest BCUT2D eigenvalue weighted by atomic mass is 35.5. The molecule has 2 aliphatic rings. The number of hydrogen-bond donors (Lipinski definition) is 1.